The topological polar surface area (TPSA) is 64.2 Å². The molecule has 1 aliphatic heterocycles. The highest BCUT2D eigenvalue weighted by Crippen LogP contribution is 2.28. The molecular formula is C22H18N4O2. The molecular weight excluding hydrogens is 352 g/mol. The summed E-state index contributed by atoms with van der Waals surface area (Å²) in [5.74, 6) is 0.909. The average Bonchev–Trinajstić information content (AvgIpc) is 3.47. The maximum atomic E-state index is 12.9. The van der Waals surface area contributed by atoms with Crippen LogP contribution in [0.15, 0.2) is 77.3 Å². The second-order valence-corrected chi connectivity index (χ2v) is 6.72. The Morgan fingerprint density at radius 2 is 1.71 bits per heavy atom. The number of amides is 1. The van der Waals surface area contributed by atoms with Gasteiger partial charge in [-0.05, 0) is 42.3 Å². The summed E-state index contributed by atoms with van der Waals surface area (Å²) in [5, 5.41) is 8.32. The number of rotatable bonds is 4. The predicted octanol–water partition coefficient (Wildman–Crippen LogP) is 3.79. The van der Waals surface area contributed by atoms with Gasteiger partial charge in [-0.15, -0.1) is 10.2 Å². The van der Waals surface area contributed by atoms with E-state index in [2.05, 4.69) is 16.3 Å². The van der Waals surface area contributed by atoms with Crippen molar-refractivity contribution in [3.63, 3.8) is 0 Å². The molecule has 0 saturated heterocycles. The summed E-state index contributed by atoms with van der Waals surface area (Å²) in [5.41, 5.74) is 3.82. The van der Waals surface area contributed by atoms with Crippen LogP contribution in [0.25, 0.3) is 23.0 Å². The number of hydrogen-bond acceptors (Lipinski definition) is 4. The maximum absolute atomic E-state index is 12.9. The van der Waals surface area contributed by atoms with Gasteiger partial charge in [-0.3, -0.25) is 4.79 Å². The zero-order chi connectivity index (χ0) is 18.9. The highest BCUT2D eigenvalue weighted by molar-refractivity contribution is 5.95. The number of hydrogen-bond donors (Lipinski definition) is 0. The third-order valence-corrected chi connectivity index (χ3v) is 4.99. The molecule has 6 heteroatoms. The van der Waals surface area contributed by atoms with Crippen molar-refractivity contribution < 1.29 is 9.21 Å². The number of nitrogens with zero attached hydrogens (tertiary/aromatic N) is 4. The Kier molecular flexibility index (Phi) is 4.01. The Bertz CT molecular complexity index is 1130. The molecule has 0 fully saturated rings. The van der Waals surface area contributed by atoms with Crippen molar-refractivity contribution in [2.45, 2.75) is 13.0 Å². The molecule has 0 saturated carbocycles. The quantitative estimate of drug-likeness (QED) is 0.548. The van der Waals surface area contributed by atoms with Gasteiger partial charge < -0.3 is 13.9 Å². The van der Waals surface area contributed by atoms with Gasteiger partial charge in [0.05, 0.1) is 0 Å². The van der Waals surface area contributed by atoms with Crippen molar-refractivity contribution >= 4 is 11.6 Å². The molecule has 0 unspecified atom stereocenters. The van der Waals surface area contributed by atoms with E-state index in [0.717, 1.165) is 23.4 Å². The molecule has 0 atom stereocenters. The van der Waals surface area contributed by atoms with Gasteiger partial charge in [0.25, 0.3) is 5.89 Å². The fourth-order valence-electron chi connectivity index (χ4n) is 3.60. The number of fused-ring (bicyclic) bond motifs is 1. The van der Waals surface area contributed by atoms with Gasteiger partial charge in [0.2, 0.25) is 11.8 Å². The van der Waals surface area contributed by atoms with Gasteiger partial charge in [-0.2, -0.15) is 0 Å². The summed E-state index contributed by atoms with van der Waals surface area (Å²) in [6.07, 6.45) is 2.76. The van der Waals surface area contributed by atoms with Crippen molar-refractivity contribution in [2.75, 3.05) is 11.4 Å². The second kappa shape index (κ2) is 6.81. The van der Waals surface area contributed by atoms with Gasteiger partial charge in [0.1, 0.15) is 12.2 Å². The minimum Gasteiger partial charge on any atom is -0.415 e. The van der Waals surface area contributed by atoms with Crippen LogP contribution in [0.4, 0.5) is 5.69 Å². The van der Waals surface area contributed by atoms with Crippen molar-refractivity contribution in [1.82, 2.24) is 14.8 Å². The molecule has 6 nitrogen and oxygen atoms in total. The Morgan fingerprint density at radius 1 is 0.929 bits per heavy atom. The number of carbonyl (C=O) groups excluding carboxylic acids is 1. The first-order chi connectivity index (χ1) is 13.8. The lowest BCUT2D eigenvalue weighted by Crippen LogP contribution is -2.32. The normalized spacial score (nSPS) is 12.9. The molecule has 5 rings (SSSR count). The number of aromatic nitrogens is 3. The average molecular weight is 370 g/mol. The first-order valence-electron chi connectivity index (χ1n) is 9.22. The van der Waals surface area contributed by atoms with Gasteiger partial charge in [0.15, 0.2) is 0 Å². The molecule has 0 aliphatic carbocycles. The highest BCUT2D eigenvalue weighted by atomic mass is 16.4. The molecule has 138 valence electrons. The van der Waals surface area contributed by atoms with Crippen molar-refractivity contribution in [1.29, 1.82) is 0 Å². The fourth-order valence-corrected chi connectivity index (χ4v) is 3.60. The Labute approximate surface area is 162 Å². The van der Waals surface area contributed by atoms with Crippen molar-refractivity contribution in [3.05, 3.63) is 78.5 Å². The van der Waals surface area contributed by atoms with E-state index in [1.807, 2.05) is 76.3 Å². The van der Waals surface area contributed by atoms with Crippen molar-refractivity contribution in [3.8, 4) is 23.0 Å². The standard InChI is InChI=1S/C22H18N4O2/c27-20(26-14-12-16-7-4-5-10-18(16)26)15-25-13-6-11-19(25)22-24-23-21(28-22)17-8-2-1-3-9-17/h1-11,13H,12,14-15H2. The highest BCUT2D eigenvalue weighted by Gasteiger charge is 2.25. The van der Waals surface area contributed by atoms with Crippen LogP contribution in [0.5, 0.6) is 0 Å². The minimum absolute atomic E-state index is 0.0465. The van der Waals surface area contributed by atoms with Gasteiger partial charge >= 0.3 is 0 Å². The smallest absolute Gasteiger partial charge is 0.264 e. The Morgan fingerprint density at radius 3 is 2.61 bits per heavy atom. The van der Waals surface area contributed by atoms with Crippen LogP contribution in [-0.4, -0.2) is 27.2 Å². The number of benzene rings is 2. The molecule has 0 N–H and O–H groups in total. The predicted molar refractivity (Wildman–Crippen MR) is 106 cm³/mol. The summed E-state index contributed by atoms with van der Waals surface area (Å²) in [7, 11) is 0. The van der Waals surface area contributed by atoms with Crippen LogP contribution in [0.3, 0.4) is 0 Å². The summed E-state index contributed by atoms with van der Waals surface area (Å²) in [6, 6.07) is 21.5. The van der Waals surface area contributed by atoms with Gasteiger partial charge in [-0.25, -0.2) is 0 Å². The third kappa shape index (κ3) is 2.89. The summed E-state index contributed by atoms with van der Waals surface area (Å²) < 4.78 is 7.70. The number of anilines is 1. The zero-order valence-corrected chi connectivity index (χ0v) is 15.2. The first-order valence-corrected chi connectivity index (χ1v) is 9.22. The van der Waals surface area contributed by atoms with E-state index in [1.165, 1.54) is 5.56 Å². The molecule has 2 aromatic heterocycles. The summed E-state index contributed by atoms with van der Waals surface area (Å²) in [4.78, 5) is 14.8. The van der Waals surface area contributed by atoms with Crippen LogP contribution in [0.2, 0.25) is 0 Å². The molecule has 3 heterocycles. The van der Waals surface area contributed by atoms with E-state index in [-0.39, 0.29) is 12.5 Å². The van der Waals surface area contributed by atoms with E-state index in [9.17, 15) is 4.79 Å². The molecule has 4 aromatic rings. The van der Waals surface area contributed by atoms with Gasteiger partial charge in [-0.1, -0.05) is 36.4 Å². The van der Waals surface area contributed by atoms with Crippen LogP contribution >= 0.6 is 0 Å². The molecule has 0 radical (unpaired) electrons. The van der Waals surface area contributed by atoms with Crippen LogP contribution < -0.4 is 4.90 Å². The first kappa shape index (κ1) is 16.5. The molecule has 1 amide bonds. The number of carbonyl (C=O) groups is 1. The largest absolute Gasteiger partial charge is 0.415 e. The van der Waals surface area contributed by atoms with Crippen LogP contribution in [0, 0.1) is 0 Å². The van der Waals surface area contributed by atoms with Crippen molar-refractivity contribution in [2.24, 2.45) is 0 Å². The third-order valence-electron chi connectivity index (χ3n) is 4.99. The minimum atomic E-state index is 0.0465. The Balaban J connectivity index is 1.39. The SMILES string of the molecule is O=C(Cn1cccc1-c1nnc(-c2ccccc2)o1)N1CCc2ccccc21. The second-order valence-electron chi connectivity index (χ2n) is 6.72. The molecule has 1 aliphatic rings. The van der Waals surface area contributed by atoms with E-state index >= 15 is 0 Å². The lowest BCUT2D eigenvalue weighted by Gasteiger charge is -2.18. The lowest BCUT2D eigenvalue weighted by atomic mass is 10.2. The van der Waals surface area contributed by atoms with Gasteiger partial charge in [0, 0.05) is 24.0 Å². The number of para-hydroxylation sites is 1. The Hall–Kier alpha value is -3.67. The monoisotopic (exact) mass is 370 g/mol. The lowest BCUT2D eigenvalue weighted by molar-refractivity contribution is -0.119. The van der Waals surface area contributed by atoms with E-state index < -0.39 is 0 Å². The maximum Gasteiger partial charge on any atom is 0.264 e. The van der Waals surface area contributed by atoms with Crippen LogP contribution in [-0.2, 0) is 17.8 Å². The zero-order valence-electron chi connectivity index (χ0n) is 15.2. The fraction of sp³-hybridized carbons (Fsp3) is 0.136. The molecule has 2 aromatic carbocycles. The van der Waals surface area contributed by atoms with Crippen LogP contribution in [0.1, 0.15) is 5.56 Å². The summed E-state index contributed by atoms with van der Waals surface area (Å²) >= 11 is 0. The summed E-state index contributed by atoms with van der Waals surface area (Å²) in [6.45, 7) is 0.938. The molecule has 0 spiro atoms. The van der Waals surface area contributed by atoms with E-state index in [4.69, 9.17) is 4.42 Å². The van der Waals surface area contributed by atoms with E-state index in [1.54, 1.807) is 0 Å². The van der Waals surface area contributed by atoms with E-state index in [0.29, 0.717) is 18.3 Å². The molecule has 0 bridgehead atoms. The molecule has 28 heavy (non-hydrogen) atoms.